The molecule has 0 aliphatic carbocycles. The maximum Gasteiger partial charge on any atom is 0.241 e. The van der Waals surface area contributed by atoms with Crippen molar-refractivity contribution in [3.63, 3.8) is 0 Å². The van der Waals surface area contributed by atoms with Gasteiger partial charge in [-0.15, -0.1) is 0 Å². The molecular weight excluding hydrogens is 216 g/mol. The predicted octanol–water partition coefficient (Wildman–Crippen LogP) is 2.07. The Morgan fingerprint density at radius 2 is 2.12 bits per heavy atom. The largest absolute Gasteiger partial charge is 0.505 e. The van der Waals surface area contributed by atoms with Crippen LogP contribution >= 0.6 is 0 Å². The monoisotopic (exact) mass is 236 g/mol. The lowest BCUT2D eigenvalue weighted by molar-refractivity contribution is -0.117. The number of nitrogens with one attached hydrogen (secondary N) is 1. The Morgan fingerprint density at radius 1 is 1.47 bits per heavy atom. The van der Waals surface area contributed by atoms with Gasteiger partial charge in [0, 0.05) is 0 Å². The van der Waals surface area contributed by atoms with Gasteiger partial charge in [0.15, 0.2) is 0 Å². The van der Waals surface area contributed by atoms with Gasteiger partial charge in [0.1, 0.15) is 5.75 Å². The van der Waals surface area contributed by atoms with Crippen molar-refractivity contribution in [2.24, 2.45) is 5.73 Å². The van der Waals surface area contributed by atoms with Gasteiger partial charge in [0.05, 0.1) is 11.7 Å². The maximum absolute atomic E-state index is 11.7. The summed E-state index contributed by atoms with van der Waals surface area (Å²) < 4.78 is 0. The Kier molecular flexibility index (Phi) is 4.52. The SMILES string of the molecule is CCC[C@@H](N)C(=O)Nc1cc(C)cc(C)c1O. The van der Waals surface area contributed by atoms with Crippen LogP contribution in [0.4, 0.5) is 5.69 Å². The van der Waals surface area contributed by atoms with Crippen molar-refractivity contribution < 1.29 is 9.90 Å². The van der Waals surface area contributed by atoms with Crippen molar-refractivity contribution in [1.29, 1.82) is 0 Å². The Bertz CT molecular complexity index is 416. The second-order valence-corrected chi connectivity index (χ2v) is 4.36. The van der Waals surface area contributed by atoms with E-state index < -0.39 is 6.04 Å². The third-order valence-electron chi connectivity index (χ3n) is 2.64. The molecule has 17 heavy (non-hydrogen) atoms. The van der Waals surface area contributed by atoms with Crippen LogP contribution in [0.5, 0.6) is 5.75 Å². The molecule has 0 bridgehead atoms. The molecule has 0 unspecified atom stereocenters. The molecule has 0 fully saturated rings. The van der Waals surface area contributed by atoms with E-state index >= 15 is 0 Å². The molecule has 0 aromatic heterocycles. The van der Waals surface area contributed by atoms with E-state index in [2.05, 4.69) is 5.32 Å². The minimum Gasteiger partial charge on any atom is -0.505 e. The Hall–Kier alpha value is -1.55. The van der Waals surface area contributed by atoms with Crippen molar-refractivity contribution >= 4 is 11.6 Å². The average Bonchev–Trinajstić information content (AvgIpc) is 2.25. The zero-order valence-electron chi connectivity index (χ0n) is 10.6. The van der Waals surface area contributed by atoms with Crippen LogP contribution in [-0.2, 0) is 4.79 Å². The highest BCUT2D eigenvalue weighted by molar-refractivity contribution is 5.96. The van der Waals surface area contributed by atoms with E-state index in [1.165, 1.54) is 0 Å². The molecule has 1 aromatic carbocycles. The van der Waals surface area contributed by atoms with E-state index in [9.17, 15) is 9.90 Å². The number of aryl methyl sites for hydroxylation is 2. The van der Waals surface area contributed by atoms with Gasteiger partial charge in [0.2, 0.25) is 5.91 Å². The summed E-state index contributed by atoms with van der Waals surface area (Å²) in [6.45, 7) is 5.68. The highest BCUT2D eigenvalue weighted by atomic mass is 16.3. The zero-order valence-corrected chi connectivity index (χ0v) is 10.6. The molecule has 0 heterocycles. The lowest BCUT2D eigenvalue weighted by Gasteiger charge is -2.14. The van der Waals surface area contributed by atoms with Crippen molar-refractivity contribution in [3.05, 3.63) is 23.3 Å². The number of carbonyl (C=O) groups excluding carboxylic acids is 1. The Morgan fingerprint density at radius 3 is 2.71 bits per heavy atom. The fourth-order valence-electron chi connectivity index (χ4n) is 1.72. The normalized spacial score (nSPS) is 12.2. The third kappa shape index (κ3) is 3.46. The minimum absolute atomic E-state index is 0.104. The summed E-state index contributed by atoms with van der Waals surface area (Å²) in [4.78, 5) is 11.7. The molecule has 4 heteroatoms. The Labute approximate surface area is 102 Å². The Balaban J connectivity index is 2.85. The summed E-state index contributed by atoms with van der Waals surface area (Å²) >= 11 is 0. The number of anilines is 1. The topological polar surface area (TPSA) is 75.4 Å². The van der Waals surface area contributed by atoms with E-state index in [0.717, 1.165) is 17.5 Å². The number of nitrogens with two attached hydrogens (primary N) is 1. The van der Waals surface area contributed by atoms with E-state index in [1.807, 2.05) is 19.9 Å². The number of carbonyl (C=O) groups is 1. The number of hydrogen-bond donors (Lipinski definition) is 3. The molecular formula is C13H20N2O2. The third-order valence-corrected chi connectivity index (χ3v) is 2.64. The van der Waals surface area contributed by atoms with E-state index in [0.29, 0.717) is 12.1 Å². The molecule has 4 nitrogen and oxygen atoms in total. The van der Waals surface area contributed by atoms with E-state index in [1.54, 1.807) is 13.0 Å². The number of amides is 1. The lowest BCUT2D eigenvalue weighted by atomic mass is 10.1. The van der Waals surface area contributed by atoms with Crippen LogP contribution in [0.25, 0.3) is 0 Å². The molecule has 0 saturated heterocycles. The molecule has 1 aromatic rings. The fourth-order valence-corrected chi connectivity index (χ4v) is 1.72. The van der Waals surface area contributed by atoms with Crippen LogP contribution in [0.15, 0.2) is 12.1 Å². The number of rotatable bonds is 4. The number of phenols is 1. The molecule has 1 amide bonds. The first kappa shape index (κ1) is 13.5. The first-order valence-corrected chi connectivity index (χ1v) is 5.82. The summed E-state index contributed by atoms with van der Waals surface area (Å²) in [7, 11) is 0. The second-order valence-electron chi connectivity index (χ2n) is 4.36. The summed E-state index contributed by atoms with van der Waals surface area (Å²) in [5, 5.41) is 12.5. The van der Waals surface area contributed by atoms with Gasteiger partial charge in [0.25, 0.3) is 0 Å². The van der Waals surface area contributed by atoms with Gasteiger partial charge < -0.3 is 16.2 Å². The minimum atomic E-state index is -0.528. The van der Waals surface area contributed by atoms with Crippen LogP contribution in [0.2, 0.25) is 0 Å². The summed E-state index contributed by atoms with van der Waals surface area (Å²) in [5.41, 5.74) is 7.86. The van der Waals surface area contributed by atoms with Crippen LogP contribution in [0, 0.1) is 13.8 Å². The maximum atomic E-state index is 11.7. The highest BCUT2D eigenvalue weighted by Crippen LogP contribution is 2.28. The van der Waals surface area contributed by atoms with Gasteiger partial charge in [-0.25, -0.2) is 0 Å². The van der Waals surface area contributed by atoms with Gasteiger partial charge in [-0.3, -0.25) is 4.79 Å². The average molecular weight is 236 g/mol. The standard InChI is InChI=1S/C13H20N2O2/c1-4-5-10(14)13(17)15-11-7-8(2)6-9(3)12(11)16/h6-7,10,16H,4-5,14H2,1-3H3,(H,15,17)/t10-/m1/s1. The quantitative estimate of drug-likeness (QED) is 0.700. The van der Waals surface area contributed by atoms with Crippen molar-refractivity contribution in [1.82, 2.24) is 0 Å². The van der Waals surface area contributed by atoms with Gasteiger partial charge >= 0.3 is 0 Å². The number of aromatic hydroxyl groups is 1. The van der Waals surface area contributed by atoms with E-state index in [-0.39, 0.29) is 11.7 Å². The summed E-state index contributed by atoms with van der Waals surface area (Å²) in [6.07, 6.45) is 1.49. The summed E-state index contributed by atoms with van der Waals surface area (Å²) in [5.74, 6) is -0.153. The molecule has 1 atom stereocenters. The molecule has 0 aliphatic heterocycles. The number of hydrogen-bond acceptors (Lipinski definition) is 3. The lowest BCUT2D eigenvalue weighted by Crippen LogP contribution is -2.35. The number of benzene rings is 1. The molecule has 4 N–H and O–H groups in total. The fraction of sp³-hybridized carbons (Fsp3) is 0.462. The smallest absolute Gasteiger partial charge is 0.241 e. The van der Waals surface area contributed by atoms with Crippen molar-refractivity contribution in [3.8, 4) is 5.75 Å². The molecule has 0 radical (unpaired) electrons. The van der Waals surface area contributed by atoms with Crippen molar-refractivity contribution in [2.75, 3.05) is 5.32 Å². The van der Waals surface area contributed by atoms with Gasteiger partial charge in [-0.05, 0) is 37.5 Å². The van der Waals surface area contributed by atoms with Gasteiger partial charge in [-0.1, -0.05) is 19.4 Å². The van der Waals surface area contributed by atoms with Crippen LogP contribution in [-0.4, -0.2) is 17.1 Å². The van der Waals surface area contributed by atoms with Crippen molar-refractivity contribution in [2.45, 2.75) is 39.7 Å². The van der Waals surface area contributed by atoms with Crippen LogP contribution in [0.3, 0.4) is 0 Å². The molecule has 0 saturated carbocycles. The number of phenolic OH excluding ortho intramolecular Hbond substituents is 1. The molecule has 94 valence electrons. The molecule has 0 spiro atoms. The first-order chi connectivity index (χ1) is 7.95. The summed E-state index contributed by atoms with van der Waals surface area (Å²) in [6, 6.07) is 3.07. The van der Waals surface area contributed by atoms with Crippen LogP contribution < -0.4 is 11.1 Å². The second kappa shape index (κ2) is 5.68. The molecule has 0 aliphatic rings. The van der Waals surface area contributed by atoms with Gasteiger partial charge in [-0.2, -0.15) is 0 Å². The highest BCUT2D eigenvalue weighted by Gasteiger charge is 2.15. The van der Waals surface area contributed by atoms with Crippen LogP contribution in [0.1, 0.15) is 30.9 Å². The molecule has 1 rings (SSSR count). The predicted molar refractivity (Wildman–Crippen MR) is 69.1 cm³/mol. The van der Waals surface area contributed by atoms with E-state index in [4.69, 9.17) is 5.73 Å². The zero-order chi connectivity index (χ0) is 13.0. The first-order valence-electron chi connectivity index (χ1n) is 5.82.